The average molecular weight is 489 g/mol. The highest BCUT2D eigenvalue weighted by Gasteiger charge is 2.22. The van der Waals surface area contributed by atoms with Gasteiger partial charge in [0.25, 0.3) is 5.56 Å². The third-order valence-corrected chi connectivity index (χ3v) is 6.12. The van der Waals surface area contributed by atoms with E-state index in [1.54, 1.807) is 79.7 Å². The summed E-state index contributed by atoms with van der Waals surface area (Å²) in [5.41, 5.74) is 1.43. The average Bonchev–Trinajstić information content (AvgIpc) is 2.86. The maximum atomic E-state index is 13.4. The molecule has 0 saturated heterocycles. The lowest BCUT2D eigenvalue weighted by molar-refractivity contribution is -0.119. The van der Waals surface area contributed by atoms with Gasteiger partial charge in [0.15, 0.2) is 5.16 Å². The van der Waals surface area contributed by atoms with E-state index in [2.05, 4.69) is 15.6 Å². The Kier molecular flexibility index (Phi) is 7.47. The van der Waals surface area contributed by atoms with Gasteiger partial charge < -0.3 is 10.1 Å². The van der Waals surface area contributed by atoms with Crippen LogP contribution in [-0.2, 0) is 4.79 Å². The van der Waals surface area contributed by atoms with Gasteiger partial charge in [-0.15, -0.1) is 0 Å². The molecule has 2 N–H and O–H groups in total. The van der Waals surface area contributed by atoms with Gasteiger partial charge in [0.05, 0.1) is 28.4 Å². The summed E-state index contributed by atoms with van der Waals surface area (Å²) in [5, 5.41) is 5.04. The number of fused-ring (bicyclic) bond motifs is 1. The van der Waals surface area contributed by atoms with Gasteiger partial charge in [-0.2, -0.15) is 0 Å². The lowest BCUT2D eigenvalue weighted by Crippen LogP contribution is -2.39. The van der Waals surface area contributed by atoms with E-state index in [-0.39, 0.29) is 5.56 Å². The van der Waals surface area contributed by atoms with Crippen LogP contribution in [0.1, 0.15) is 13.8 Å². The molecule has 1 aromatic heterocycles. The first-order valence-electron chi connectivity index (χ1n) is 11.0. The van der Waals surface area contributed by atoms with Gasteiger partial charge in [0, 0.05) is 5.69 Å². The summed E-state index contributed by atoms with van der Waals surface area (Å²) in [6.07, 6.45) is 0. The van der Waals surface area contributed by atoms with Crippen molar-refractivity contribution in [3.63, 3.8) is 0 Å². The molecule has 4 rings (SSSR count). The second-order valence-corrected chi connectivity index (χ2v) is 8.86. The van der Waals surface area contributed by atoms with Gasteiger partial charge in [-0.05, 0) is 62.4 Å². The fourth-order valence-corrected chi connectivity index (χ4v) is 4.31. The molecule has 0 radical (unpaired) electrons. The molecule has 0 fully saturated rings. The molecule has 4 aromatic rings. The highest BCUT2D eigenvalue weighted by atomic mass is 32.2. The van der Waals surface area contributed by atoms with Crippen LogP contribution in [0.25, 0.3) is 16.6 Å². The normalized spacial score (nSPS) is 11.6. The van der Waals surface area contributed by atoms with Crippen molar-refractivity contribution in [3.05, 3.63) is 89.2 Å². The maximum Gasteiger partial charge on any atom is 0.325 e. The van der Waals surface area contributed by atoms with Crippen molar-refractivity contribution < 1.29 is 14.3 Å². The Morgan fingerprint density at radius 3 is 2.40 bits per heavy atom. The third-order valence-electron chi connectivity index (χ3n) is 5.07. The molecule has 1 atom stereocenters. The van der Waals surface area contributed by atoms with Crippen molar-refractivity contribution in [1.82, 2.24) is 14.9 Å². The van der Waals surface area contributed by atoms with Crippen molar-refractivity contribution in [2.24, 2.45) is 0 Å². The number of aromatic nitrogens is 2. The molecule has 3 aromatic carbocycles. The summed E-state index contributed by atoms with van der Waals surface area (Å²) in [4.78, 5) is 43.0. The number of thioether (sulfide) groups is 1. The minimum absolute atomic E-state index is 0.253. The smallest absolute Gasteiger partial charge is 0.325 e. The Balaban J connectivity index is 1.61. The molecule has 0 aliphatic heterocycles. The van der Waals surface area contributed by atoms with E-state index in [4.69, 9.17) is 4.74 Å². The summed E-state index contributed by atoms with van der Waals surface area (Å²) in [5.74, 6) is 0.175. The van der Waals surface area contributed by atoms with Gasteiger partial charge in [-0.1, -0.05) is 42.1 Å². The summed E-state index contributed by atoms with van der Waals surface area (Å²) >= 11 is 1.09. The molecule has 0 aliphatic rings. The fourth-order valence-electron chi connectivity index (χ4n) is 3.39. The van der Waals surface area contributed by atoms with E-state index in [0.717, 1.165) is 11.8 Å². The van der Waals surface area contributed by atoms with Crippen LogP contribution in [0.3, 0.4) is 0 Å². The minimum atomic E-state index is -0.710. The Morgan fingerprint density at radius 1 is 1.00 bits per heavy atom. The first-order chi connectivity index (χ1) is 17.0. The van der Waals surface area contributed by atoms with Crippen LogP contribution in [0, 0.1) is 0 Å². The number of amides is 3. The van der Waals surface area contributed by atoms with Crippen LogP contribution >= 0.6 is 11.8 Å². The second kappa shape index (κ2) is 10.9. The van der Waals surface area contributed by atoms with E-state index in [1.165, 1.54) is 4.57 Å². The summed E-state index contributed by atoms with van der Waals surface area (Å²) in [6, 6.07) is 22.3. The number of para-hydroxylation sites is 2. The number of rotatable bonds is 7. The molecule has 0 spiro atoms. The zero-order valence-electron chi connectivity index (χ0n) is 19.2. The lowest BCUT2D eigenvalue weighted by atomic mass is 10.2. The van der Waals surface area contributed by atoms with E-state index in [1.807, 2.05) is 13.0 Å². The molecule has 0 aliphatic carbocycles. The molecular weight excluding hydrogens is 464 g/mol. The van der Waals surface area contributed by atoms with E-state index >= 15 is 0 Å². The SMILES string of the molecule is CCOc1ccc(-n2c(SC(C)C(=O)NC(=O)Nc3ccccc3)nc3ccccc3c2=O)cc1. The number of benzene rings is 3. The van der Waals surface area contributed by atoms with Gasteiger partial charge in [0.1, 0.15) is 5.75 Å². The van der Waals surface area contributed by atoms with E-state index in [9.17, 15) is 14.4 Å². The van der Waals surface area contributed by atoms with Crippen molar-refractivity contribution in [3.8, 4) is 11.4 Å². The minimum Gasteiger partial charge on any atom is -0.494 e. The summed E-state index contributed by atoms with van der Waals surface area (Å²) < 4.78 is 6.97. The highest BCUT2D eigenvalue weighted by Crippen LogP contribution is 2.26. The van der Waals surface area contributed by atoms with Crippen LogP contribution in [0.4, 0.5) is 10.5 Å². The Labute approximate surface area is 206 Å². The topological polar surface area (TPSA) is 102 Å². The number of urea groups is 1. The zero-order valence-corrected chi connectivity index (χ0v) is 20.0. The van der Waals surface area contributed by atoms with Crippen molar-refractivity contribution in [2.45, 2.75) is 24.3 Å². The number of carbonyl (C=O) groups excluding carboxylic acids is 2. The van der Waals surface area contributed by atoms with Crippen LogP contribution < -0.4 is 20.9 Å². The number of nitrogens with one attached hydrogen (secondary N) is 2. The zero-order chi connectivity index (χ0) is 24.8. The quantitative estimate of drug-likeness (QED) is 0.291. The van der Waals surface area contributed by atoms with Crippen molar-refractivity contribution in [2.75, 3.05) is 11.9 Å². The fraction of sp³-hybridized carbons (Fsp3) is 0.154. The second-order valence-electron chi connectivity index (χ2n) is 7.55. The van der Waals surface area contributed by atoms with Gasteiger partial charge in [-0.3, -0.25) is 19.5 Å². The Morgan fingerprint density at radius 2 is 1.69 bits per heavy atom. The van der Waals surface area contributed by atoms with E-state index in [0.29, 0.717) is 39.8 Å². The van der Waals surface area contributed by atoms with E-state index < -0.39 is 17.2 Å². The molecule has 35 heavy (non-hydrogen) atoms. The molecule has 1 heterocycles. The molecule has 9 heteroatoms. The van der Waals surface area contributed by atoms with Gasteiger partial charge in [0.2, 0.25) is 5.91 Å². The number of carbonyl (C=O) groups is 2. The summed E-state index contributed by atoms with van der Waals surface area (Å²) in [6.45, 7) is 4.08. The Bertz CT molecular complexity index is 1400. The predicted molar refractivity (Wildman–Crippen MR) is 137 cm³/mol. The highest BCUT2D eigenvalue weighted by molar-refractivity contribution is 8.00. The van der Waals surface area contributed by atoms with Crippen LogP contribution in [0.2, 0.25) is 0 Å². The predicted octanol–water partition coefficient (Wildman–Crippen LogP) is 4.61. The molecule has 8 nitrogen and oxygen atoms in total. The maximum absolute atomic E-state index is 13.4. The molecule has 0 bridgehead atoms. The first-order valence-corrected chi connectivity index (χ1v) is 11.9. The number of imide groups is 1. The monoisotopic (exact) mass is 488 g/mol. The Hall–Kier alpha value is -4.11. The van der Waals surface area contributed by atoms with Gasteiger partial charge >= 0.3 is 6.03 Å². The van der Waals surface area contributed by atoms with Crippen LogP contribution in [0.15, 0.2) is 88.8 Å². The standard InChI is InChI=1S/C26H24N4O4S/c1-3-34-20-15-13-19(14-16-20)30-24(32)21-11-7-8-12-22(21)28-26(30)35-17(2)23(31)29-25(33)27-18-9-5-4-6-10-18/h4-17H,3H2,1-2H3,(H2,27,29,31,33). The van der Waals surface area contributed by atoms with Crippen LogP contribution in [-0.4, -0.2) is 33.3 Å². The number of nitrogens with zero attached hydrogens (tertiary/aromatic N) is 2. The lowest BCUT2D eigenvalue weighted by Gasteiger charge is -2.16. The molecule has 3 amide bonds. The molecule has 178 valence electrons. The molecule has 0 saturated carbocycles. The molecular formula is C26H24N4O4S. The summed E-state index contributed by atoms with van der Waals surface area (Å²) in [7, 11) is 0. The number of anilines is 1. The number of hydrogen-bond acceptors (Lipinski definition) is 6. The van der Waals surface area contributed by atoms with Crippen LogP contribution in [0.5, 0.6) is 5.75 Å². The first kappa shape index (κ1) is 24.0. The van der Waals surface area contributed by atoms with Crippen molar-refractivity contribution >= 4 is 40.3 Å². The molecule has 1 unspecified atom stereocenters. The largest absolute Gasteiger partial charge is 0.494 e. The van der Waals surface area contributed by atoms with Gasteiger partial charge in [-0.25, -0.2) is 9.78 Å². The van der Waals surface area contributed by atoms with Crippen molar-refractivity contribution in [1.29, 1.82) is 0 Å². The number of ether oxygens (including phenoxy) is 1. The third kappa shape index (κ3) is 5.70. The number of hydrogen-bond donors (Lipinski definition) is 2.